The van der Waals surface area contributed by atoms with E-state index in [1.54, 1.807) is 0 Å². The molecule has 2 N–H and O–H groups in total. The largest absolute Gasteiger partial charge is 0.493 e. The number of hydrogen-bond donors (Lipinski definition) is 1. The van der Waals surface area contributed by atoms with Crippen molar-refractivity contribution >= 4 is 10.8 Å². The lowest BCUT2D eigenvalue weighted by Crippen LogP contribution is -2.07. The number of hydrogen-bond acceptors (Lipinski definition) is 2. The van der Waals surface area contributed by atoms with Gasteiger partial charge < -0.3 is 10.5 Å². The first kappa shape index (κ1) is 12.8. The van der Waals surface area contributed by atoms with Gasteiger partial charge in [-0.15, -0.1) is 0 Å². The average Bonchev–Trinajstić information content (AvgIpc) is 2.41. The van der Waals surface area contributed by atoms with Gasteiger partial charge in [-0.05, 0) is 29.8 Å². The highest BCUT2D eigenvalue weighted by Crippen LogP contribution is 2.28. The van der Waals surface area contributed by atoms with Crippen LogP contribution in [0.5, 0.6) is 5.75 Å². The van der Waals surface area contributed by atoms with Crippen molar-refractivity contribution in [2.45, 2.75) is 12.8 Å². The first-order valence-electron chi connectivity index (χ1n) is 6.26. The molecule has 96 valence electrons. The molecule has 2 aromatic carbocycles. The van der Waals surface area contributed by atoms with Gasteiger partial charge in [0.05, 0.1) is 13.3 Å². The van der Waals surface area contributed by atoms with Gasteiger partial charge in [0.15, 0.2) is 0 Å². The monoisotopic (exact) mass is 247 g/mol. The van der Waals surface area contributed by atoms with Crippen molar-refractivity contribution in [2.75, 3.05) is 19.8 Å². The van der Waals surface area contributed by atoms with Gasteiger partial charge in [0.2, 0.25) is 0 Å². The van der Waals surface area contributed by atoms with Crippen molar-refractivity contribution in [3.63, 3.8) is 0 Å². The molecule has 0 aliphatic heterocycles. The van der Waals surface area contributed by atoms with Crippen LogP contribution in [0.1, 0.15) is 12.0 Å². The average molecular weight is 247 g/mol. The normalized spacial score (nSPS) is 10.8. The van der Waals surface area contributed by atoms with Crippen LogP contribution in [-0.2, 0) is 6.42 Å². The Morgan fingerprint density at radius 3 is 2.72 bits per heavy atom. The standard InChI is InChI=1S/C15H18FNO/c16-9-3-11-18-15-7-6-12-4-1-2-5-13(12)14(15)8-10-17/h1-2,4-7H,3,8-11,17H2. The van der Waals surface area contributed by atoms with E-state index in [0.717, 1.165) is 17.7 Å². The first-order valence-corrected chi connectivity index (χ1v) is 6.26. The van der Waals surface area contributed by atoms with Crippen LogP contribution < -0.4 is 10.5 Å². The maximum absolute atomic E-state index is 12.1. The molecule has 0 spiro atoms. The smallest absolute Gasteiger partial charge is 0.123 e. The van der Waals surface area contributed by atoms with Crippen molar-refractivity contribution in [2.24, 2.45) is 5.73 Å². The van der Waals surface area contributed by atoms with Gasteiger partial charge in [-0.1, -0.05) is 30.3 Å². The molecule has 0 bridgehead atoms. The van der Waals surface area contributed by atoms with Gasteiger partial charge >= 0.3 is 0 Å². The summed E-state index contributed by atoms with van der Waals surface area (Å²) in [4.78, 5) is 0. The van der Waals surface area contributed by atoms with Gasteiger partial charge in [-0.3, -0.25) is 4.39 Å². The molecule has 0 radical (unpaired) electrons. The van der Waals surface area contributed by atoms with E-state index in [2.05, 4.69) is 12.1 Å². The Kier molecular flexibility index (Phi) is 4.53. The maximum Gasteiger partial charge on any atom is 0.123 e. The molecule has 2 nitrogen and oxygen atoms in total. The second kappa shape index (κ2) is 6.36. The summed E-state index contributed by atoms with van der Waals surface area (Å²) in [7, 11) is 0. The zero-order chi connectivity index (χ0) is 12.8. The molecule has 0 aliphatic carbocycles. The highest BCUT2D eigenvalue weighted by atomic mass is 19.1. The molecule has 3 heteroatoms. The number of fused-ring (bicyclic) bond motifs is 1. The summed E-state index contributed by atoms with van der Waals surface area (Å²) < 4.78 is 17.7. The molecule has 0 aliphatic rings. The summed E-state index contributed by atoms with van der Waals surface area (Å²) in [6, 6.07) is 12.1. The Morgan fingerprint density at radius 2 is 1.94 bits per heavy atom. The molecule has 2 rings (SSSR count). The minimum Gasteiger partial charge on any atom is -0.493 e. The third-order valence-electron chi connectivity index (χ3n) is 2.93. The molecule has 2 aromatic rings. The van der Waals surface area contributed by atoms with Gasteiger partial charge in [0, 0.05) is 12.0 Å². The summed E-state index contributed by atoms with van der Waals surface area (Å²) in [6.45, 7) is 0.639. The number of halogens is 1. The van der Waals surface area contributed by atoms with Crippen LogP contribution >= 0.6 is 0 Å². The highest BCUT2D eigenvalue weighted by molar-refractivity contribution is 5.87. The summed E-state index contributed by atoms with van der Waals surface area (Å²) >= 11 is 0. The number of nitrogens with two attached hydrogens (primary N) is 1. The molecule has 0 fully saturated rings. The molecule has 0 amide bonds. The van der Waals surface area contributed by atoms with Gasteiger partial charge in [0.25, 0.3) is 0 Å². The van der Waals surface area contributed by atoms with E-state index in [9.17, 15) is 4.39 Å². The lowest BCUT2D eigenvalue weighted by molar-refractivity contribution is 0.287. The fourth-order valence-corrected chi connectivity index (χ4v) is 2.09. The number of rotatable bonds is 6. The third kappa shape index (κ3) is 2.79. The number of alkyl halides is 1. The fraction of sp³-hybridized carbons (Fsp3) is 0.333. The van der Waals surface area contributed by atoms with Crippen LogP contribution in [0.3, 0.4) is 0 Å². The Hall–Kier alpha value is -1.61. The molecule has 18 heavy (non-hydrogen) atoms. The topological polar surface area (TPSA) is 35.2 Å². The van der Waals surface area contributed by atoms with Crippen LogP contribution in [0, 0.1) is 0 Å². The Morgan fingerprint density at radius 1 is 1.11 bits per heavy atom. The van der Waals surface area contributed by atoms with Crippen molar-refractivity contribution < 1.29 is 9.13 Å². The summed E-state index contributed by atoms with van der Waals surface area (Å²) in [5, 5.41) is 2.35. The number of ether oxygens (including phenoxy) is 1. The minimum absolute atomic E-state index is 0.347. The van der Waals surface area contributed by atoms with Crippen molar-refractivity contribution in [3.05, 3.63) is 42.0 Å². The fourth-order valence-electron chi connectivity index (χ4n) is 2.09. The zero-order valence-corrected chi connectivity index (χ0v) is 10.4. The second-order valence-electron chi connectivity index (χ2n) is 4.19. The summed E-state index contributed by atoms with van der Waals surface area (Å²) in [6.07, 6.45) is 1.20. The molecule has 0 atom stereocenters. The van der Waals surface area contributed by atoms with E-state index in [4.69, 9.17) is 10.5 Å². The van der Waals surface area contributed by atoms with Crippen LogP contribution in [0.4, 0.5) is 4.39 Å². The molecular formula is C15H18FNO. The molecule has 0 saturated carbocycles. The van der Waals surface area contributed by atoms with E-state index in [1.807, 2.05) is 24.3 Å². The Labute approximate surface area is 107 Å². The van der Waals surface area contributed by atoms with E-state index in [-0.39, 0.29) is 6.67 Å². The predicted octanol–water partition coefficient (Wildman–Crippen LogP) is 3.08. The van der Waals surface area contributed by atoms with Crippen molar-refractivity contribution in [1.82, 2.24) is 0 Å². The molecule has 0 aromatic heterocycles. The first-order chi connectivity index (χ1) is 8.86. The van der Waals surface area contributed by atoms with Crippen molar-refractivity contribution in [1.29, 1.82) is 0 Å². The quantitative estimate of drug-likeness (QED) is 0.796. The zero-order valence-electron chi connectivity index (χ0n) is 10.4. The summed E-state index contributed by atoms with van der Waals surface area (Å²) in [5.41, 5.74) is 6.78. The molecule has 0 unspecified atom stereocenters. The second-order valence-corrected chi connectivity index (χ2v) is 4.19. The minimum atomic E-state index is -0.347. The van der Waals surface area contributed by atoms with E-state index >= 15 is 0 Å². The third-order valence-corrected chi connectivity index (χ3v) is 2.93. The molecule has 0 heterocycles. The molecular weight excluding hydrogens is 229 g/mol. The lowest BCUT2D eigenvalue weighted by Gasteiger charge is -2.13. The predicted molar refractivity (Wildman–Crippen MR) is 72.8 cm³/mol. The van der Waals surface area contributed by atoms with Crippen LogP contribution in [-0.4, -0.2) is 19.8 Å². The Balaban J connectivity index is 2.35. The van der Waals surface area contributed by atoms with Crippen LogP contribution in [0.2, 0.25) is 0 Å². The van der Waals surface area contributed by atoms with Crippen LogP contribution in [0.15, 0.2) is 36.4 Å². The Bertz CT molecular complexity index is 513. The van der Waals surface area contributed by atoms with Crippen LogP contribution in [0.25, 0.3) is 10.8 Å². The SMILES string of the molecule is NCCc1c(OCCCF)ccc2ccccc12. The van der Waals surface area contributed by atoms with E-state index < -0.39 is 0 Å². The summed E-state index contributed by atoms with van der Waals surface area (Å²) in [5.74, 6) is 0.826. The van der Waals surface area contributed by atoms with E-state index in [0.29, 0.717) is 19.6 Å². The highest BCUT2D eigenvalue weighted by Gasteiger charge is 2.07. The number of benzene rings is 2. The maximum atomic E-state index is 12.1. The van der Waals surface area contributed by atoms with Gasteiger partial charge in [-0.2, -0.15) is 0 Å². The van der Waals surface area contributed by atoms with E-state index in [1.165, 1.54) is 10.8 Å². The van der Waals surface area contributed by atoms with Crippen molar-refractivity contribution in [3.8, 4) is 5.75 Å². The van der Waals surface area contributed by atoms with Gasteiger partial charge in [-0.25, -0.2) is 0 Å². The molecule has 0 saturated heterocycles. The lowest BCUT2D eigenvalue weighted by atomic mass is 10.0. The van der Waals surface area contributed by atoms with Gasteiger partial charge in [0.1, 0.15) is 5.75 Å².